The number of nitrogens with zero attached hydrogens (tertiary/aromatic N) is 1. The summed E-state index contributed by atoms with van der Waals surface area (Å²) in [5, 5.41) is 4.58. The highest BCUT2D eigenvalue weighted by Crippen LogP contribution is 2.31. The molecule has 1 aromatic rings. The minimum atomic E-state index is -0.289. The number of carbonyl (C=O) groups excluding carboxylic acids is 1. The number of carbonyl (C=O) groups is 1. The zero-order valence-electron chi connectivity index (χ0n) is 10.8. The van der Waals surface area contributed by atoms with Gasteiger partial charge in [0.2, 0.25) is 0 Å². The lowest BCUT2D eigenvalue weighted by Crippen LogP contribution is -2.07. The summed E-state index contributed by atoms with van der Waals surface area (Å²) in [6.07, 6.45) is 0.964. The molecule has 0 aromatic carbocycles. The second-order valence-corrected chi connectivity index (χ2v) is 5.40. The van der Waals surface area contributed by atoms with Gasteiger partial charge >= 0.3 is 5.97 Å². The van der Waals surface area contributed by atoms with Crippen LogP contribution in [0.15, 0.2) is 11.1 Å². The van der Waals surface area contributed by atoms with E-state index in [9.17, 15) is 4.79 Å². The van der Waals surface area contributed by atoms with E-state index >= 15 is 0 Å². The minimum Gasteiger partial charge on any atom is -0.465 e. The molecule has 1 heterocycles. The van der Waals surface area contributed by atoms with E-state index in [2.05, 4.69) is 10.3 Å². The number of anilines is 1. The molecule has 0 aliphatic rings. The molecule has 0 aliphatic carbocycles. The normalized spacial score (nSPS) is 10.3. The number of aromatic nitrogens is 1. The SMILES string of the molecule is CCCNc1nc(SCC(=O)OCC)c(Cl)cc1Cl. The molecular formula is C12H16Cl2N2O2S. The molecule has 1 aromatic heterocycles. The highest BCUT2D eigenvalue weighted by atomic mass is 35.5. The van der Waals surface area contributed by atoms with Crippen LogP contribution >= 0.6 is 35.0 Å². The van der Waals surface area contributed by atoms with Gasteiger partial charge in [-0.05, 0) is 19.4 Å². The molecule has 0 radical (unpaired) electrons. The number of esters is 1. The van der Waals surface area contributed by atoms with Crippen molar-refractivity contribution in [2.24, 2.45) is 0 Å². The number of pyridine rings is 1. The molecule has 0 aliphatic heterocycles. The van der Waals surface area contributed by atoms with Crippen molar-refractivity contribution in [1.29, 1.82) is 0 Å². The summed E-state index contributed by atoms with van der Waals surface area (Å²) in [7, 11) is 0. The van der Waals surface area contributed by atoms with Crippen LogP contribution in [0.25, 0.3) is 0 Å². The first-order chi connectivity index (χ1) is 9.08. The number of hydrogen-bond donors (Lipinski definition) is 1. The maximum absolute atomic E-state index is 11.3. The predicted molar refractivity (Wildman–Crippen MR) is 80.4 cm³/mol. The van der Waals surface area contributed by atoms with Crippen LogP contribution in [0, 0.1) is 0 Å². The van der Waals surface area contributed by atoms with Gasteiger partial charge in [0.15, 0.2) is 0 Å². The summed E-state index contributed by atoms with van der Waals surface area (Å²) in [6.45, 7) is 4.96. The van der Waals surface area contributed by atoms with Crippen LogP contribution < -0.4 is 5.32 Å². The van der Waals surface area contributed by atoms with E-state index in [4.69, 9.17) is 27.9 Å². The first kappa shape index (κ1) is 16.4. The van der Waals surface area contributed by atoms with Crippen molar-refractivity contribution in [2.45, 2.75) is 25.3 Å². The Labute approximate surface area is 127 Å². The largest absolute Gasteiger partial charge is 0.465 e. The first-order valence-corrected chi connectivity index (χ1v) is 7.71. The summed E-state index contributed by atoms with van der Waals surface area (Å²) >= 11 is 13.3. The second kappa shape index (κ2) is 8.51. The van der Waals surface area contributed by atoms with E-state index in [0.717, 1.165) is 13.0 Å². The van der Waals surface area contributed by atoms with Gasteiger partial charge in [-0.1, -0.05) is 41.9 Å². The van der Waals surface area contributed by atoms with Crippen LogP contribution in [-0.4, -0.2) is 29.9 Å². The summed E-state index contributed by atoms with van der Waals surface area (Å²) < 4.78 is 4.85. The molecule has 106 valence electrons. The van der Waals surface area contributed by atoms with Crippen LogP contribution in [-0.2, 0) is 9.53 Å². The molecule has 0 atom stereocenters. The number of rotatable bonds is 7. The van der Waals surface area contributed by atoms with Crippen LogP contribution in [0.1, 0.15) is 20.3 Å². The maximum Gasteiger partial charge on any atom is 0.316 e. The van der Waals surface area contributed by atoms with E-state index in [1.807, 2.05) is 6.92 Å². The van der Waals surface area contributed by atoms with Gasteiger partial charge in [-0.2, -0.15) is 0 Å². The Bertz CT molecular complexity index is 444. The fourth-order valence-corrected chi connectivity index (χ4v) is 2.53. The van der Waals surface area contributed by atoms with Crippen LogP contribution in [0.4, 0.5) is 5.82 Å². The molecule has 4 nitrogen and oxygen atoms in total. The van der Waals surface area contributed by atoms with Crippen molar-refractivity contribution in [1.82, 2.24) is 4.98 Å². The Hall–Kier alpha value is -0.650. The predicted octanol–water partition coefficient (Wildman–Crippen LogP) is 3.87. The van der Waals surface area contributed by atoms with E-state index in [-0.39, 0.29) is 11.7 Å². The topological polar surface area (TPSA) is 51.2 Å². The standard InChI is InChI=1S/C12H16Cl2N2O2S/c1-3-5-15-11-8(13)6-9(14)12(16-11)19-7-10(17)18-4-2/h6H,3-5,7H2,1-2H3,(H,15,16). The summed E-state index contributed by atoms with van der Waals surface area (Å²) in [6, 6.07) is 1.63. The molecule has 0 amide bonds. The molecule has 1 rings (SSSR count). The molecule has 19 heavy (non-hydrogen) atoms. The maximum atomic E-state index is 11.3. The monoisotopic (exact) mass is 322 g/mol. The number of hydrogen-bond acceptors (Lipinski definition) is 5. The average molecular weight is 323 g/mol. The quantitative estimate of drug-likeness (QED) is 0.610. The Morgan fingerprint density at radius 2 is 2.16 bits per heavy atom. The molecule has 0 bridgehead atoms. The van der Waals surface area contributed by atoms with Gasteiger partial charge in [-0.3, -0.25) is 4.79 Å². The smallest absolute Gasteiger partial charge is 0.316 e. The molecule has 1 N–H and O–H groups in total. The lowest BCUT2D eigenvalue weighted by Gasteiger charge is -2.10. The van der Waals surface area contributed by atoms with E-state index in [0.29, 0.717) is 27.5 Å². The molecular weight excluding hydrogens is 307 g/mol. The van der Waals surface area contributed by atoms with Crippen molar-refractivity contribution in [3.8, 4) is 0 Å². The highest BCUT2D eigenvalue weighted by Gasteiger charge is 2.12. The first-order valence-electron chi connectivity index (χ1n) is 5.96. The lowest BCUT2D eigenvalue weighted by atomic mass is 10.4. The van der Waals surface area contributed by atoms with Gasteiger partial charge in [0.1, 0.15) is 10.8 Å². The van der Waals surface area contributed by atoms with Crippen LogP contribution in [0.3, 0.4) is 0 Å². The zero-order chi connectivity index (χ0) is 14.3. The third-order valence-corrected chi connectivity index (χ3v) is 3.72. The van der Waals surface area contributed by atoms with Gasteiger partial charge in [0, 0.05) is 6.54 Å². The molecule has 0 unspecified atom stereocenters. The number of ether oxygens (including phenoxy) is 1. The minimum absolute atomic E-state index is 0.176. The van der Waals surface area contributed by atoms with Gasteiger partial charge < -0.3 is 10.1 Å². The Balaban J connectivity index is 2.73. The van der Waals surface area contributed by atoms with Gasteiger partial charge in [0.25, 0.3) is 0 Å². The van der Waals surface area contributed by atoms with Gasteiger partial charge in [-0.15, -0.1) is 0 Å². The van der Waals surface area contributed by atoms with Crippen molar-refractivity contribution >= 4 is 46.8 Å². The van der Waals surface area contributed by atoms with E-state index in [1.54, 1.807) is 13.0 Å². The van der Waals surface area contributed by atoms with Crippen molar-refractivity contribution in [2.75, 3.05) is 24.2 Å². The van der Waals surface area contributed by atoms with E-state index in [1.165, 1.54) is 11.8 Å². The third kappa shape index (κ3) is 5.47. The Morgan fingerprint density at radius 3 is 2.79 bits per heavy atom. The van der Waals surface area contributed by atoms with Gasteiger partial charge in [-0.25, -0.2) is 4.98 Å². The summed E-state index contributed by atoms with van der Waals surface area (Å²) in [4.78, 5) is 15.6. The third-order valence-electron chi connectivity index (χ3n) is 2.07. The molecule has 0 saturated heterocycles. The van der Waals surface area contributed by atoms with Crippen LogP contribution in [0.5, 0.6) is 0 Å². The Morgan fingerprint density at radius 1 is 1.42 bits per heavy atom. The summed E-state index contributed by atoms with van der Waals surface area (Å²) in [5.74, 6) is 0.470. The Kier molecular flexibility index (Phi) is 7.34. The molecule has 0 saturated carbocycles. The van der Waals surface area contributed by atoms with E-state index < -0.39 is 0 Å². The lowest BCUT2D eigenvalue weighted by molar-refractivity contribution is -0.139. The summed E-state index contributed by atoms with van der Waals surface area (Å²) in [5.41, 5.74) is 0. The van der Waals surface area contributed by atoms with Crippen molar-refractivity contribution in [3.63, 3.8) is 0 Å². The number of thioether (sulfide) groups is 1. The average Bonchev–Trinajstić information content (AvgIpc) is 2.37. The number of nitrogens with one attached hydrogen (secondary N) is 1. The fourth-order valence-electron chi connectivity index (χ4n) is 1.25. The highest BCUT2D eigenvalue weighted by molar-refractivity contribution is 8.00. The molecule has 7 heteroatoms. The fraction of sp³-hybridized carbons (Fsp3) is 0.500. The van der Waals surface area contributed by atoms with Gasteiger partial charge in [0.05, 0.1) is 22.4 Å². The molecule has 0 fully saturated rings. The van der Waals surface area contributed by atoms with Crippen molar-refractivity contribution < 1.29 is 9.53 Å². The zero-order valence-corrected chi connectivity index (χ0v) is 13.2. The second-order valence-electron chi connectivity index (χ2n) is 3.63. The number of halogens is 2. The van der Waals surface area contributed by atoms with Crippen molar-refractivity contribution in [3.05, 3.63) is 16.1 Å². The molecule has 0 spiro atoms. The van der Waals surface area contributed by atoms with Crippen LogP contribution in [0.2, 0.25) is 10.0 Å².